The van der Waals surface area contributed by atoms with Gasteiger partial charge in [0.05, 0.1) is 18.2 Å². The minimum Gasteiger partial charge on any atom is -0.495 e. The van der Waals surface area contributed by atoms with Crippen LogP contribution in [0.5, 0.6) is 5.75 Å². The number of methoxy groups -OCH3 is 1. The monoisotopic (exact) mass is 281 g/mol. The molecule has 96 valence electrons. The summed E-state index contributed by atoms with van der Waals surface area (Å²) >= 11 is 7.91. The lowest BCUT2D eigenvalue weighted by Gasteiger charge is -2.14. The predicted molar refractivity (Wildman–Crippen MR) is 79.1 cm³/mol. The van der Waals surface area contributed by atoms with Crippen molar-refractivity contribution in [2.75, 3.05) is 12.4 Å². The molecule has 0 saturated heterocycles. The third-order valence-electron chi connectivity index (χ3n) is 2.72. The van der Waals surface area contributed by atoms with Gasteiger partial charge in [0.1, 0.15) is 5.75 Å². The van der Waals surface area contributed by atoms with Crippen molar-refractivity contribution in [2.45, 2.75) is 19.9 Å². The van der Waals surface area contributed by atoms with E-state index in [1.54, 1.807) is 18.4 Å². The van der Waals surface area contributed by atoms with Crippen molar-refractivity contribution in [3.8, 4) is 5.75 Å². The number of halogens is 1. The Kier molecular flexibility index (Phi) is 4.15. The van der Waals surface area contributed by atoms with Gasteiger partial charge >= 0.3 is 0 Å². The summed E-state index contributed by atoms with van der Waals surface area (Å²) in [6, 6.07) is 10.3. The van der Waals surface area contributed by atoms with E-state index in [0.29, 0.717) is 10.8 Å². The lowest BCUT2D eigenvalue weighted by atomic mass is 10.2. The van der Waals surface area contributed by atoms with Crippen LogP contribution in [-0.4, -0.2) is 7.11 Å². The fourth-order valence-corrected chi connectivity index (χ4v) is 2.90. The zero-order chi connectivity index (χ0) is 13.1. The SMILES string of the molecule is COc1ccc(NC(C)c2ccc(C)s2)cc1Cl. The fourth-order valence-electron chi connectivity index (χ4n) is 1.76. The third kappa shape index (κ3) is 2.98. The van der Waals surface area contributed by atoms with Crippen LogP contribution in [0.2, 0.25) is 5.02 Å². The fraction of sp³-hybridized carbons (Fsp3) is 0.286. The lowest BCUT2D eigenvalue weighted by molar-refractivity contribution is 0.415. The summed E-state index contributed by atoms with van der Waals surface area (Å²) in [7, 11) is 1.62. The number of benzene rings is 1. The van der Waals surface area contributed by atoms with Gasteiger partial charge in [0.15, 0.2) is 0 Å². The molecule has 18 heavy (non-hydrogen) atoms. The normalized spacial score (nSPS) is 12.2. The zero-order valence-corrected chi connectivity index (χ0v) is 12.2. The van der Waals surface area contributed by atoms with Gasteiger partial charge in [-0.15, -0.1) is 11.3 Å². The number of thiophene rings is 1. The molecule has 0 fully saturated rings. The molecule has 1 aromatic heterocycles. The van der Waals surface area contributed by atoms with Crippen LogP contribution in [0.4, 0.5) is 5.69 Å². The maximum Gasteiger partial charge on any atom is 0.137 e. The number of hydrogen-bond acceptors (Lipinski definition) is 3. The Morgan fingerprint density at radius 2 is 2.06 bits per heavy atom. The molecule has 1 atom stereocenters. The van der Waals surface area contributed by atoms with E-state index in [2.05, 4.69) is 31.3 Å². The standard InChI is InChI=1S/C14H16ClNOS/c1-9-4-7-14(18-9)10(2)16-11-5-6-13(17-3)12(15)8-11/h4-8,10,16H,1-3H3. The molecule has 0 saturated carbocycles. The molecule has 0 aliphatic rings. The minimum absolute atomic E-state index is 0.271. The van der Waals surface area contributed by atoms with Crippen LogP contribution in [0.25, 0.3) is 0 Å². The smallest absolute Gasteiger partial charge is 0.137 e. The number of rotatable bonds is 4. The van der Waals surface area contributed by atoms with Crippen LogP contribution < -0.4 is 10.1 Å². The van der Waals surface area contributed by atoms with Gasteiger partial charge in [-0.3, -0.25) is 0 Å². The molecule has 0 amide bonds. The Bertz CT molecular complexity index is 538. The van der Waals surface area contributed by atoms with E-state index in [1.165, 1.54) is 9.75 Å². The first-order valence-corrected chi connectivity index (χ1v) is 6.96. The van der Waals surface area contributed by atoms with Gasteiger partial charge in [0.25, 0.3) is 0 Å². The predicted octanol–water partition coefficient (Wildman–Crippen LogP) is 4.89. The molecule has 0 aliphatic heterocycles. The van der Waals surface area contributed by atoms with Gasteiger partial charge in [0, 0.05) is 15.4 Å². The molecule has 2 rings (SSSR count). The summed E-state index contributed by atoms with van der Waals surface area (Å²) in [6.07, 6.45) is 0. The van der Waals surface area contributed by atoms with Crippen LogP contribution in [0.1, 0.15) is 22.7 Å². The van der Waals surface area contributed by atoms with Crippen molar-refractivity contribution >= 4 is 28.6 Å². The minimum atomic E-state index is 0.271. The van der Waals surface area contributed by atoms with Crippen molar-refractivity contribution in [1.29, 1.82) is 0 Å². The van der Waals surface area contributed by atoms with Gasteiger partial charge in [-0.05, 0) is 44.2 Å². The second-order valence-corrected chi connectivity index (χ2v) is 5.89. The highest BCUT2D eigenvalue weighted by Gasteiger charge is 2.08. The van der Waals surface area contributed by atoms with Gasteiger partial charge in [-0.1, -0.05) is 11.6 Å². The van der Waals surface area contributed by atoms with Gasteiger partial charge < -0.3 is 10.1 Å². The van der Waals surface area contributed by atoms with Crippen molar-refractivity contribution in [3.05, 3.63) is 45.1 Å². The molecule has 0 spiro atoms. The summed E-state index contributed by atoms with van der Waals surface area (Å²) in [4.78, 5) is 2.64. The van der Waals surface area contributed by atoms with Crippen molar-refractivity contribution < 1.29 is 4.74 Å². The molecule has 1 N–H and O–H groups in total. The topological polar surface area (TPSA) is 21.3 Å². The van der Waals surface area contributed by atoms with E-state index in [9.17, 15) is 0 Å². The lowest BCUT2D eigenvalue weighted by Crippen LogP contribution is -2.04. The summed E-state index contributed by atoms with van der Waals surface area (Å²) in [5.41, 5.74) is 0.999. The number of hydrogen-bond donors (Lipinski definition) is 1. The molecule has 1 unspecified atom stereocenters. The number of ether oxygens (including phenoxy) is 1. The summed E-state index contributed by atoms with van der Waals surface area (Å²) in [5.74, 6) is 0.696. The maximum atomic E-state index is 6.10. The Morgan fingerprint density at radius 3 is 2.61 bits per heavy atom. The van der Waals surface area contributed by atoms with Crippen molar-refractivity contribution in [1.82, 2.24) is 0 Å². The van der Waals surface area contributed by atoms with Gasteiger partial charge in [-0.25, -0.2) is 0 Å². The van der Waals surface area contributed by atoms with Gasteiger partial charge in [-0.2, -0.15) is 0 Å². The molecule has 2 nitrogen and oxygen atoms in total. The van der Waals surface area contributed by atoms with E-state index in [4.69, 9.17) is 16.3 Å². The molecular formula is C14H16ClNOS. The van der Waals surface area contributed by atoms with Crippen LogP contribution in [0.3, 0.4) is 0 Å². The zero-order valence-electron chi connectivity index (χ0n) is 10.7. The van der Waals surface area contributed by atoms with Crippen LogP contribution >= 0.6 is 22.9 Å². The Labute approximate surface area is 117 Å². The van der Waals surface area contributed by atoms with E-state index in [0.717, 1.165) is 5.69 Å². The molecule has 0 radical (unpaired) electrons. The molecule has 0 aliphatic carbocycles. The highest BCUT2D eigenvalue weighted by Crippen LogP contribution is 2.30. The van der Waals surface area contributed by atoms with E-state index in [1.807, 2.05) is 18.2 Å². The van der Waals surface area contributed by atoms with Crippen LogP contribution in [0, 0.1) is 6.92 Å². The Hall–Kier alpha value is -1.19. The van der Waals surface area contributed by atoms with Crippen molar-refractivity contribution in [2.24, 2.45) is 0 Å². The van der Waals surface area contributed by atoms with E-state index in [-0.39, 0.29) is 6.04 Å². The average molecular weight is 282 g/mol. The summed E-state index contributed by atoms with van der Waals surface area (Å²) in [5, 5.41) is 4.06. The Balaban J connectivity index is 2.12. The maximum absolute atomic E-state index is 6.10. The van der Waals surface area contributed by atoms with Gasteiger partial charge in [0.2, 0.25) is 0 Å². The first-order valence-electron chi connectivity index (χ1n) is 5.76. The number of aryl methyl sites for hydroxylation is 1. The number of nitrogens with one attached hydrogen (secondary N) is 1. The van der Waals surface area contributed by atoms with Crippen LogP contribution in [-0.2, 0) is 0 Å². The third-order valence-corrected chi connectivity index (χ3v) is 4.20. The van der Waals surface area contributed by atoms with E-state index >= 15 is 0 Å². The van der Waals surface area contributed by atoms with Crippen molar-refractivity contribution in [3.63, 3.8) is 0 Å². The second kappa shape index (κ2) is 5.63. The molecule has 0 bridgehead atoms. The molecular weight excluding hydrogens is 266 g/mol. The second-order valence-electron chi connectivity index (χ2n) is 4.16. The molecule has 4 heteroatoms. The highest BCUT2D eigenvalue weighted by molar-refractivity contribution is 7.12. The number of anilines is 1. The quantitative estimate of drug-likeness (QED) is 0.861. The summed E-state index contributed by atoms with van der Waals surface area (Å²) in [6.45, 7) is 4.26. The summed E-state index contributed by atoms with van der Waals surface area (Å²) < 4.78 is 5.14. The molecule has 1 aromatic carbocycles. The highest BCUT2D eigenvalue weighted by atomic mass is 35.5. The average Bonchev–Trinajstić information content (AvgIpc) is 2.76. The first kappa shape index (κ1) is 13.2. The Morgan fingerprint density at radius 1 is 1.28 bits per heavy atom. The molecule has 1 heterocycles. The molecule has 2 aromatic rings. The van der Waals surface area contributed by atoms with E-state index < -0.39 is 0 Å². The first-order chi connectivity index (χ1) is 8.60. The van der Waals surface area contributed by atoms with Crippen LogP contribution in [0.15, 0.2) is 30.3 Å². The largest absolute Gasteiger partial charge is 0.495 e.